The number of nitriles is 1. The molecule has 1 aliphatic rings. The van der Waals surface area contributed by atoms with Gasteiger partial charge >= 0.3 is 0 Å². The lowest BCUT2D eigenvalue weighted by molar-refractivity contribution is -0.193. The predicted octanol–water partition coefficient (Wildman–Crippen LogP) is 2.08. The second-order valence-corrected chi connectivity index (χ2v) is 6.71. The third-order valence-electron chi connectivity index (χ3n) is 4.16. The minimum absolute atomic E-state index is 0.114. The number of guanidine groups is 1. The molecule has 1 unspecified atom stereocenters. The molecule has 7 nitrogen and oxygen atoms in total. The highest BCUT2D eigenvalue weighted by Gasteiger charge is 2.51. The summed E-state index contributed by atoms with van der Waals surface area (Å²) in [6.45, 7) is 7.61. The summed E-state index contributed by atoms with van der Waals surface area (Å²) >= 11 is 0. The molecule has 1 atom stereocenters. The van der Waals surface area contributed by atoms with Gasteiger partial charge in [-0.1, -0.05) is 0 Å². The van der Waals surface area contributed by atoms with Gasteiger partial charge in [-0.25, -0.2) is 4.98 Å². The van der Waals surface area contributed by atoms with Gasteiger partial charge in [0.15, 0.2) is 0 Å². The van der Waals surface area contributed by atoms with Crippen LogP contribution in [0.5, 0.6) is 0 Å². The highest BCUT2D eigenvalue weighted by molar-refractivity contribution is 5.94. The normalized spacial score (nSPS) is 23.3. The molecule has 2 heterocycles. The molecule has 23 heavy (non-hydrogen) atoms. The number of nitrogens with zero attached hydrogens (tertiary/aromatic N) is 4. The Labute approximate surface area is 134 Å². The molecular weight excluding hydrogens is 299 g/mol. The van der Waals surface area contributed by atoms with Crippen LogP contribution in [0, 0.1) is 17.4 Å². The quantitative estimate of drug-likeness (QED) is 0.334. The van der Waals surface area contributed by atoms with Crippen LogP contribution >= 0.6 is 0 Å². The molecule has 0 radical (unpaired) electrons. The fourth-order valence-corrected chi connectivity index (χ4v) is 2.91. The van der Waals surface area contributed by atoms with E-state index in [-0.39, 0.29) is 17.7 Å². The summed E-state index contributed by atoms with van der Waals surface area (Å²) in [7, 11) is 0. The van der Waals surface area contributed by atoms with E-state index >= 15 is 0 Å². The molecule has 2 rings (SSSR count). The fourth-order valence-electron chi connectivity index (χ4n) is 2.91. The van der Waals surface area contributed by atoms with Gasteiger partial charge in [0.2, 0.25) is 18.1 Å². The summed E-state index contributed by atoms with van der Waals surface area (Å²) < 4.78 is 13.7. The maximum atomic E-state index is 13.7. The lowest BCUT2D eigenvalue weighted by atomic mass is 9.94. The van der Waals surface area contributed by atoms with Crippen LogP contribution in [0.15, 0.2) is 23.3 Å². The summed E-state index contributed by atoms with van der Waals surface area (Å²) in [5.41, 5.74) is -0.905. The Bertz CT molecular complexity index is 652. The van der Waals surface area contributed by atoms with Crippen LogP contribution in [-0.2, 0) is 0 Å². The number of rotatable bonds is 2. The summed E-state index contributed by atoms with van der Waals surface area (Å²) in [6, 6.07) is 2.88. The van der Waals surface area contributed by atoms with Crippen molar-refractivity contribution >= 4 is 11.6 Å². The lowest BCUT2D eigenvalue weighted by Gasteiger charge is -2.36. The van der Waals surface area contributed by atoms with Crippen molar-refractivity contribution in [1.82, 2.24) is 15.4 Å². The molecule has 0 bridgehead atoms. The summed E-state index contributed by atoms with van der Waals surface area (Å²) in [5, 5.41) is 26.3. The fraction of sp³-hybridized carbons (Fsp3) is 0.533. The number of hydroxylamine groups is 2. The Hall–Kier alpha value is -2.24. The summed E-state index contributed by atoms with van der Waals surface area (Å²) in [5.74, 6) is -0.571. The third-order valence-corrected chi connectivity index (χ3v) is 4.16. The largest absolute Gasteiger partial charge is 0.350 e. The summed E-state index contributed by atoms with van der Waals surface area (Å²) in [4.78, 5) is 7.21. The van der Waals surface area contributed by atoms with Gasteiger partial charge in [0.1, 0.15) is 0 Å². The molecule has 3 N–H and O–H groups in total. The van der Waals surface area contributed by atoms with Crippen LogP contribution in [0.2, 0.25) is 0 Å². The van der Waals surface area contributed by atoms with Crippen molar-refractivity contribution in [3.8, 4) is 6.19 Å². The molecule has 8 heteroatoms. The van der Waals surface area contributed by atoms with Crippen molar-refractivity contribution in [1.29, 1.82) is 5.26 Å². The van der Waals surface area contributed by atoms with Crippen molar-refractivity contribution in [3.05, 3.63) is 24.3 Å². The lowest BCUT2D eigenvalue weighted by Crippen LogP contribution is -2.54. The first-order chi connectivity index (χ1) is 10.7. The maximum absolute atomic E-state index is 13.7. The molecule has 1 aromatic rings. The number of aliphatic imine (C=N–C) groups is 1. The molecule has 0 aliphatic carbocycles. The summed E-state index contributed by atoms with van der Waals surface area (Å²) in [6.07, 6.45) is 3.64. The molecule has 0 amide bonds. The van der Waals surface area contributed by atoms with Gasteiger partial charge in [0, 0.05) is 11.7 Å². The van der Waals surface area contributed by atoms with E-state index in [0.29, 0.717) is 6.42 Å². The zero-order chi connectivity index (χ0) is 17.3. The van der Waals surface area contributed by atoms with E-state index in [4.69, 9.17) is 5.26 Å². The van der Waals surface area contributed by atoms with Crippen LogP contribution in [0.3, 0.4) is 0 Å². The van der Waals surface area contributed by atoms with Crippen molar-refractivity contribution < 1.29 is 9.60 Å². The third kappa shape index (κ3) is 3.41. The highest BCUT2D eigenvalue weighted by Crippen LogP contribution is 2.39. The molecule has 0 aromatic carbocycles. The number of aromatic nitrogens is 1. The Morgan fingerprint density at radius 3 is 2.74 bits per heavy atom. The number of anilines is 1. The van der Waals surface area contributed by atoms with Gasteiger partial charge in [0.25, 0.3) is 0 Å². The van der Waals surface area contributed by atoms with Gasteiger partial charge in [-0.05, 0) is 46.2 Å². The molecule has 1 aromatic heterocycles. The zero-order valence-corrected chi connectivity index (χ0v) is 13.6. The highest BCUT2D eigenvalue weighted by atomic mass is 19.1. The predicted molar refractivity (Wildman–Crippen MR) is 84.2 cm³/mol. The van der Waals surface area contributed by atoms with E-state index in [1.165, 1.54) is 17.3 Å². The van der Waals surface area contributed by atoms with E-state index in [1.807, 2.05) is 27.7 Å². The first kappa shape index (κ1) is 17.1. The first-order valence-corrected chi connectivity index (χ1v) is 7.28. The van der Waals surface area contributed by atoms with E-state index in [2.05, 4.69) is 20.6 Å². The van der Waals surface area contributed by atoms with E-state index in [1.54, 1.807) is 12.3 Å². The standard InChI is InChI=1S/C15H21FN6O/c1-14(2)8-11(15(3,4)22(14)23)21-13(19-9-17)20-10-6-5-7-18-12(10)16/h5-7,11,23H,8H2,1-4H3,(H2,19,20,21). The van der Waals surface area contributed by atoms with E-state index < -0.39 is 17.0 Å². The zero-order valence-electron chi connectivity index (χ0n) is 13.6. The van der Waals surface area contributed by atoms with Crippen LogP contribution in [0.1, 0.15) is 34.1 Å². The van der Waals surface area contributed by atoms with Crippen LogP contribution < -0.4 is 10.6 Å². The maximum Gasteiger partial charge on any atom is 0.236 e. The molecule has 0 spiro atoms. The minimum atomic E-state index is -0.685. The van der Waals surface area contributed by atoms with Crippen LogP contribution in [0.4, 0.5) is 10.1 Å². The second kappa shape index (κ2) is 6.10. The number of halogens is 1. The van der Waals surface area contributed by atoms with Crippen molar-refractivity contribution in [3.63, 3.8) is 0 Å². The number of hydrogen-bond acceptors (Lipinski definition) is 5. The molecule has 124 valence electrons. The number of hydrogen-bond donors (Lipinski definition) is 3. The molecular formula is C15H21FN6O. The second-order valence-electron chi connectivity index (χ2n) is 6.71. The van der Waals surface area contributed by atoms with Gasteiger partial charge in [0.05, 0.1) is 17.3 Å². The van der Waals surface area contributed by atoms with Crippen molar-refractivity contribution in [2.24, 2.45) is 4.99 Å². The van der Waals surface area contributed by atoms with Crippen molar-refractivity contribution in [2.45, 2.75) is 51.2 Å². The minimum Gasteiger partial charge on any atom is -0.350 e. The molecule has 1 fully saturated rings. The van der Waals surface area contributed by atoms with Gasteiger partial charge in [-0.3, -0.25) is 0 Å². The molecule has 1 aliphatic heterocycles. The Morgan fingerprint density at radius 1 is 1.52 bits per heavy atom. The van der Waals surface area contributed by atoms with Gasteiger partial charge < -0.3 is 15.8 Å². The number of nitrogens with one attached hydrogen (secondary N) is 2. The van der Waals surface area contributed by atoms with Gasteiger partial charge in [-0.2, -0.15) is 14.7 Å². The van der Waals surface area contributed by atoms with Crippen LogP contribution in [-0.4, -0.2) is 38.3 Å². The number of pyridine rings is 1. The topological polar surface area (TPSA) is 96.6 Å². The Balaban J connectivity index is 2.20. The average molecular weight is 320 g/mol. The van der Waals surface area contributed by atoms with Gasteiger partial charge in [-0.15, -0.1) is 4.99 Å². The van der Waals surface area contributed by atoms with E-state index in [9.17, 15) is 9.60 Å². The average Bonchev–Trinajstić information content (AvgIpc) is 2.62. The SMILES string of the molecule is CC1(C)CC(N/C(=N/C#N)Nc2cccnc2F)C(C)(C)N1O. The van der Waals surface area contributed by atoms with Crippen LogP contribution in [0.25, 0.3) is 0 Å². The molecule has 0 saturated carbocycles. The monoisotopic (exact) mass is 320 g/mol. The Kier molecular flexibility index (Phi) is 4.54. The van der Waals surface area contributed by atoms with E-state index in [0.717, 1.165) is 0 Å². The Morgan fingerprint density at radius 2 is 2.22 bits per heavy atom. The molecule has 1 saturated heterocycles. The first-order valence-electron chi connectivity index (χ1n) is 7.28. The smallest absolute Gasteiger partial charge is 0.236 e. The van der Waals surface area contributed by atoms with Crippen molar-refractivity contribution in [2.75, 3.05) is 5.32 Å².